The van der Waals surface area contributed by atoms with Crippen LogP contribution in [0, 0.1) is 11.3 Å². The Hall–Kier alpha value is -3.64. The van der Waals surface area contributed by atoms with Gasteiger partial charge in [0.25, 0.3) is 5.56 Å². The number of hydrogen-bond donors (Lipinski definition) is 0. The van der Waals surface area contributed by atoms with Crippen molar-refractivity contribution in [3.8, 4) is 28.1 Å². The van der Waals surface area contributed by atoms with Gasteiger partial charge in [-0.2, -0.15) is 5.26 Å². The first-order valence-corrected chi connectivity index (χ1v) is 9.87. The number of pyridine rings is 1. The van der Waals surface area contributed by atoms with Crippen LogP contribution in [0.2, 0.25) is 0 Å². The number of hydrogen-bond acceptors (Lipinski definition) is 8. The van der Waals surface area contributed by atoms with Crippen LogP contribution in [0.25, 0.3) is 10.6 Å². The second-order valence-electron chi connectivity index (χ2n) is 6.12. The predicted octanol–water partition coefficient (Wildman–Crippen LogP) is 3.09. The third-order valence-corrected chi connectivity index (χ3v) is 5.16. The summed E-state index contributed by atoms with van der Waals surface area (Å²) in [6, 6.07) is 8.58. The molecule has 154 valence electrons. The largest absolute Gasteiger partial charge is 0.493 e. The van der Waals surface area contributed by atoms with Crippen molar-refractivity contribution in [3.05, 3.63) is 63.0 Å². The standard InChI is InChI=1S/C21H19N3O5S/c1-4-29-17-6-5-13(8-18(17)27-2)19-23-16(12-30-19)11-24-10-15(21(26)28-3)7-14(9-22)20(24)25/h5-8,10,12H,4,11H2,1-3H3. The van der Waals surface area contributed by atoms with E-state index in [0.29, 0.717) is 23.8 Å². The molecule has 0 spiro atoms. The minimum atomic E-state index is -0.624. The zero-order chi connectivity index (χ0) is 21.7. The molecule has 0 saturated carbocycles. The number of thiazole rings is 1. The van der Waals surface area contributed by atoms with Crippen molar-refractivity contribution in [2.75, 3.05) is 20.8 Å². The van der Waals surface area contributed by atoms with E-state index in [1.807, 2.05) is 36.6 Å². The summed E-state index contributed by atoms with van der Waals surface area (Å²) in [7, 11) is 2.81. The first-order valence-electron chi connectivity index (χ1n) is 8.99. The minimum Gasteiger partial charge on any atom is -0.493 e. The Morgan fingerprint density at radius 3 is 2.73 bits per heavy atom. The molecule has 3 aromatic rings. The predicted molar refractivity (Wildman–Crippen MR) is 111 cm³/mol. The van der Waals surface area contributed by atoms with E-state index in [4.69, 9.17) is 14.2 Å². The Bertz CT molecular complexity index is 1180. The molecule has 0 N–H and O–H groups in total. The molecule has 0 aliphatic carbocycles. The second kappa shape index (κ2) is 9.24. The molecule has 2 heterocycles. The van der Waals surface area contributed by atoms with Gasteiger partial charge in [-0.1, -0.05) is 0 Å². The number of carbonyl (C=O) groups excluding carboxylic acids is 1. The van der Waals surface area contributed by atoms with Crippen LogP contribution in [0.4, 0.5) is 0 Å². The Balaban J connectivity index is 1.92. The molecular weight excluding hydrogens is 406 g/mol. The molecule has 30 heavy (non-hydrogen) atoms. The number of nitriles is 1. The molecule has 0 saturated heterocycles. The molecule has 8 nitrogen and oxygen atoms in total. The molecule has 1 aromatic carbocycles. The normalized spacial score (nSPS) is 10.3. The minimum absolute atomic E-state index is 0.114. The smallest absolute Gasteiger partial charge is 0.339 e. The van der Waals surface area contributed by atoms with Crippen LogP contribution < -0.4 is 15.0 Å². The summed E-state index contributed by atoms with van der Waals surface area (Å²) in [5.41, 5.74) is 0.961. The highest BCUT2D eigenvalue weighted by atomic mass is 32.1. The SMILES string of the molecule is CCOc1ccc(-c2nc(Cn3cc(C(=O)OC)cc(C#N)c3=O)cs2)cc1OC. The maximum Gasteiger partial charge on any atom is 0.339 e. The van der Waals surface area contributed by atoms with Crippen molar-refractivity contribution in [2.45, 2.75) is 13.5 Å². The third-order valence-electron chi connectivity index (χ3n) is 4.22. The Morgan fingerprint density at radius 2 is 2.07 bits per heavy atom. The Morgan fingerprint density at radius 1 is 1.27 bits per heavy atom. The van der Waals surface area contributed by atoms with Gasteiger partial charge in [-0.25, -0.2) is 9.78 Å². The summed E-state index contributed by atoms with van der Waals surface area (Å²) >= 11 is 1.41. The van der Waals surface area contributed by atoms with E-state index in [0.717, 1.165) is 10.6 Å². The summed E-state index contributed by atoms with van der Waals surface area (Å²) in [6.07, 6.45) is 1.37. The first-order chi connectivity index (χ1) is 14.5. The molecule has 0 atom stereocenters. The fourth-order valence-corrected chi connectivity index (χ4v) is 3.63. The lowest BCUT2D eigenvalue weighted by Gasteiger charge is -2.10. The van der Waals surface area contributed by atoms with Crippen LogP contribution >= 0.6 is 11.3 Å². The molecule has 0 radical (unpaired) electrons. The van der Waals surface area contributed by atoms with Crippen molar-refractivity contribution in [1.82, 2.24) is 9.55 Å². The zero-order valence-corrected chi connectivity index (χ0v) is 17.5. The number of benzene rings is 1. The van der Waals surface area contributed by atoms with Crippen molar-refractivity contribution in [1.29, 1.82) is 5.26 Å². The number of rotatable bonds is 7. The lowest BCUT2D eigenvalue weighted by atomic mass is 10.2. The van der Waals surface area contributed by atoms with Crippen molar-refractivity contribution in [2.24, 2.45) is 0 Å². The van der Waals surface area contributed by atoms with E-state index in [1.54, 1.807) is 7.11 Å². The summed E-state index contributed by atoms with van der Waals surface area (Å²) < 4.78 is 16.9. The highest BCUT2D eigenvalue weighted by Crippen LogP contribution is 2.33. The van der Waals surface area contributed by atoms with Gasteiger partial charge in [0.2, 0.25) is 0 Å². The van der Waals surface area contributed by atoms with Gasteiger partial charge in [0.1, 0.15) is 16.6 Å². The van der Waals surface area contributed by atoms with Gasteiger partial charge in [-0.05, 0) is 31.2 Å². The Kier molecular flexibility index (Phi) is 6.49. The number of nitrogens with zero attached hydrogens (tertiary/aromatic N) is 3. The molecule has 9 heteroatoms. The number of methoxy groups -OCH3 is 2. The summed E-state index contributed by atoms with van der Waals surface area (Å²) in [6.45, 7) is 2.54. The fourth-order valence-electron chi connectivity index (χ4n) is 2.82. The van der Waals surface area contributed by atoms with E-state index in [2.05, 4.69) is 4.98 Å². The number of aromatic nitrogens is 2. The zero-order valence-electron chi connectivity index (χ0n) is 16.7. The molecule has 0 aliphatic heterocycles. The van der Waals surface area contributed by atoms with Crippen LogP contribution in [-0.2, 0) is 11.3 Å². The topological polar surface area (TPSA) is 103 Å². The maximum atomic E-state index is 12.5. The van der Waals surface area contributed by atoms with E-state index < -0.39 is 11.5 Å². The second-order valence-corrected chi connectivity index (χ2v) is 6.98. The number of ether oxygens (including phenoxy) is 3. The number of esters is 1. The van der Waals surface area contributed by atoms with E-state index in [1.165, 1.54) is 35.3 Å². The summed E-state index contributed by atoms with van der Waals surface area (Å²) in [4.78, 5) is 28.9. The molecule has 3 rings (SSSR count). The monoisotopic (exact) mass is 425 g/mol. The van der Waals surface area contributed by atoms with Crippen molar-refractivity contribution >= 4 is 17.3 Å². The van der Waals surface area contributed by atoms with Gasteiger partial charge in [0.15, 0.2) is 11.5 Å². The summed E-state index contributed by atoms with van der Waals surface area (Å²) in [5.74, 6) is 0.628. The van der Waals surface area contributed by atoms with Crippen LogP contribution in [0.1, 0.15) is 28.5 Å². The Labute approximate surface area is 176 Å². The molecule has 0 unspecified atom stereocenters. The highest BCUT2D eigenvalue weighted by molar-refractivity contribution is 7.13. The molecule has 0 amide bonds. The summed E-state index contributed by atoms with van der Waals surface area (Å²) in [5, 5.41) is 11.8. The fraction of sp³-hybridized carbons (Fsp3) is 0.238. The van der Waals surface area contributed by atoms with Gasteiger partial charge >= 0.3 is 5.97 Å². The maximum absolute atomic E-state index is 12.5. The molecule has 0 aliphatic rings. The van der Waals surface area contributed by atoms with Crippen LogP contribution in [-0.4, -0.2) is 36.3 Å². The third kappa shape index (κ3) is 4.34. The van der Waals surface area contributed by atoms with E-state index >= 15 is 0 Å². The van der Waals surface area contributed by atoms with E-state index in [9.17, 15) is 14.9 Å². The van der Waals surface area contributed by atoms with Crippen molar-refractivity contribution in [3.63, 3.8) is 0 Å². The first kappa shape index (κ1) is 21.1. The van der Waals surface area contributed by atoms with Gasteiger partial charge in [-0.15, -0.1) is 11.3 Å². The van der Waals surface area contributed by atoms with Gasteiger partial charge in [-0.3, -0.25) is 4.79 Å². The van der Waals surface area contributed by atoms with Crippen LogP contribution in [0.5, 0.6) is 11.5 Å². The quantitative estimate of drug-likeness (QED) is 0.536. The highest BCUT2D eigenvalue weighted by Gasteiger charge is 2.15. The lowest BCUT2D eigenvalue weighted by molar-refractivity contribution is 0.0599. The van der Waals surface area contributed by atoms with Crippen molar-refractivity contribution < 1.29 is 19.0 Å². The molecule has 0 bridgehead atoms. The average molecular weight is 425 g/mol. The van der Waals surface area contributed by atoms with Gasteiger partial charge in [0, 0.05) is 17.1 Å². The molecule has 0 fully saturated rings. The lowest BCUT2D eigenvalue weighted by Crippen LogP contribution is -2.24. The van der Waals surface area contributed by atoms with Crippen LogP contribution in [0.15, 0.2) is 40.6 Å². The van der Waals surface area contributed by atoms with Gasteiger partial charge < -0.3 is 18.8 Å². The number of carbonyl (C=O) groups is 1. The average Bonchev–Trinajstić information content (AvgIpc) is 3.23. The van der Waals surface area contributed by atoms with Gasteiger partial charge in [0.05, 0.1) is 38.6 Å². The molecule has 2 aromatic heterocycles. The van der Waals surface area contributed by atoms with Crippen LogP contribution in [0.3, 0.4) is 0 Å². The molecular formula is C21H19N3O5S. The van der Waals surface area contributed by atoms with E-state index in [-0.39, 0.29) is 17.7 Å².